The molecule has 1 rings (SSSR count). The Morgan fingerprint density at radius 3 is 2.37 bits per heavy atom. The monoisotopic (exact) mass is 376 g/mol. The molecule has 0 aliphatic rings. The molecule has 27 heavy (non-hydrogen) atoms. The molecule has 7 heteroatoms. The van der Waals surface area contributed by atoms with Gasteiger partial charge in [0.2, 0.25) is 5.91 Å². The Morgan fingerprint density at radius 1 is 1.15 bits per heavy atom. The summed E-state index contributed by atoms with van der Waals surface area (Å²) >= 11 is 0. The first-order valence-electron chi connectivity index (χ1n) is 9.76. The van der Waals surface area contributed by atoms with Crippen molar-refractivity contribution in [2.24, 2.45) is 4.99 Å². The lowest BCUT2D eigenvalue weighted by Crippen LogP contribution is -2.41. The number of amides is 1. The van der Waals surface area contributed by atoms with Gasteiger partial charge in [0.25, 0.3) is 0 Å². The molecule has 0 radical (unpaired) electrons. The van der Waals surface area contributed by atoms with E-state index in [1.807, 2.05) is 13.0 Å². The molecular formula is C20H36N6O. The van der Waals surface area contributed by atoms with Crippen LogP contribution < -0.4 is 16.0 Å². The maximum atomic E-state index is 12.0. The van der Waals surface area contributed by atoms with E-state index < -0.39 is 0 Å². The number of anilines is 1. The van der Waals surface area contributed by atoms with Crippen LogP contribution >= 0.6 is 0 Å². The zero-order valence-corrected chi connectivity index (χ0v) is 17.7. The first-order valence-corrected chi connectivity index (χ1v) is 9.76. The molecule has 0 bridgehead atoms. The van der Waals surface area contributed by atoms with Gasteiger partial charge < -0.3 is 16.0 Å². The fraction of sp³-hybridized carbons (Fsp3) is 0.650. The van der Waals surface area contributed by atoms with Crippen molar-refractivity contribution in [2.75, 3.05) is 32.0 Å². The third-order valence-electron chi connectivity index (χ3n) is 4.26. The number of guanidine groups is 1. The summed E-state index contributed by atoms with van der Waals surface area (Å²) in [5.74, 6) is 1.23. The largest absolute Gasteiger partial charge is 0.356 e. The van der Waals surface area contributed by atoms with E-state index in [9.17, 15) is 4.79 Å². The fourth-order valence-electron chi connectivity index (χ4n) is 2.84. The standard InChI is InChI=1S/C20H36N6O/c1-15(2)26(16(3)4)13-7-11-22-20(21-6)23-12-10-19(27)25-18-9-8-17(5)14-24-18/h8-9,14-16H,7,10-13H2,1-6H3,(H2,21,22,23)(H,24,25,27). The van der Waals surface area contributed by atoms with E-state index in [0.29, 0.717) is 30.9 Å². The van der Waals surface area contributed by atoms with Gasteiger partial charge in [0.05, 0.1) is 0 Å². The minimum absolute atomic E-state index is 0.0705. The van der Waals surface area contributed by atoms with Gasteiger partial charge in [-0.15, -0.1) is 0 Å². The van der Waals surface area contributed by atoms with Crippen LogP contribution in [-0.2, 0) is 4.79 Å². The van der Waals surface area contributed by atoms with E-state index in [1.54, 1.807) is 19.3 Å². The fourth-order valence-corrected chi connectivity index (χ4v) is 2.84. The van der Waals surface area contributed by atoms with Gasteiger partial charge in [0.15, 0.2) is 5.96 Å². The number of aromatic nitrogens is 1. The molecule has 1 aromatic rings. The van der Waals surface area contributed by atoms with Crippen LogP contribution in [0.5, 0.6) is 0 Å². The van der Waals surface area contributed by atoms with Crippen LogP contribution in [0.1, 0.15) is 46.1 Å². The number of aryl methyl sites for hydroxylation is 1. The second kappa shape index (κ2) is 12.3. The first kappa shape index (κ1) is 22.9. The van der Waals surface area contributed by atoms with Crippen LogP contribution in [0.15, 0.2) is 23.3 Å². The van der Waals surface area contributed by atoms with Gasteiger partial charge >= 0.3 is 0 Å². The van der Waals surface area contributed by atoms with Crippen LogP contribution in [0, 0.1) is 6.92 Å². The third kappa shape index (κ3) is 9.38. The van der Waals surface area contributed by atoms with Gasteiger partial charge in [0, 0.05) is 51.4 Å². The Balaban J connectivity index is 2.24. The Bertz CT molecular complexity index is 575. The predicted molar refractivity (Wildman–Crippen MR) is 113 cm³/mol. The molecule has 0 aliphatic carbocycles. The van der Waals surface area contributed by atoms with Crippen molar-refractivity contribution in [1.82, 2.24) is 20.5 Å². The second-order valence-electron chi connectivity index (χ2n) is 7.22. The zero-order chi connectivity index (χ0) is 20.2. The van der Waals surface area contributed by atoms with Crippen molar-refractivity contribution in [3.8, 4) is 0 Å². The minimum atomic E-state index is -0.0705. The van der Waals surface area contributed by atoms with E-state index in [1.165, 1.54) is 0 Å². The molecule has 1 heterocycles. The maximum Gasteiger partial charge on any atom is 0.227 e. The van der Waals surface area contributed by atoms with E-state index in [0.717, 1.165) is 31.0 Å². The quantitative estimate of drug-likeness (QED) is 0.332. The Kier molecular flexibility index (Phi) is 10.4. The summed E-state index contributed by atoms with van der Waals surface area (Å²) < 4.78 is 0. The first-order chi connectivity index (χ1) is 12.8. The van der Waals surface area contributed by atoms with E-state index in [-0.39, 0.29) is 5.91 Å². The number of hydrogen-bond donors (Lipinski definition) is 3. The van der Waals surface area contributed by atoms with Crippen molar-refractivity contribution in [2.45, 2.75) is 59.5 Å². The molecule has 0 fully saturated rings. The lowest BCUT2D eigenvalue weighted by molar-refractivity contribution is -0.116. The molecule has 3 N–H and O–H groups in total. The molecule has 1 aromatic heterocycles. The molecule has 0 saturated heterocycles. The van der Waals surface area contributed by atoms with Crippen LogP contribution in [0.4, 0.5) is 5.82 Å². The van der Waals surface area contributed by atoms with Crippen LogP contribution in [0.25, 0.3) is 0 Å². The van der Waals surface area contributed by atoms with Gasteiger partial charge in [-0.25, -0.2) is 4.98 Å². The Morgan fingerprint density at radius 2 is 1.81 bits per heavy atom. The Labute approximate surface area is 164 Å². The molecule has 0 atom stereocenters. The highest BCUT2D eigenvalue weighted by molar-refractivity contribution is 5.90. The number of pyridine rings is 1. The molecule has 7 nitrogen and oxygen atoms in total. The normalized spacial score (nSPS) is 12.0. The Hall–Kier alpha value is -2.15. The predicted octanol–water partition coefficient (Wildman–Crippen LogP) is 2.39. The van der Waals surface area contributed by atoms with Crippen LogP contribution in [-0.4, -0.2) is 60.5 Å². The summed E-state index contributed by atoms with van der Waals surface area (Å²) in [5.41, 5.74) is 1.06. The van der Waals surface area contributed by atoms with Crippen molar-refractivity contribution in [1.29, 1.82) is 0 Å². The molecule has 0 saturated carbocycles. The van der Waals surface area contributed by atoms with Crippen molar-refractivity contribution >= 4 is 17.7 Å². The summed E-state index contributed by atoms with van der Waals surface area (Å²) in [7, 11) is 1.74. The molecule has 0 aromatic carbocycles. The smallest absolute Gasteiger partial charge is 0.227 e. The number of carbonyl (C=O) groups excluding carboxylic acids is 1. The average Bonchev–Trinajstić information content (AvgIpc) is 2.61. The van der Waals surface area contributed by atoms with E-state index in [4.69, 9.17) is 0 Å². The third-order valence-corrected chi connectivity index (χ3v) is 4.26. The SMILES string of the molecule is CN=C(NCCCN(C(C)C)C(C)C)NCCC(=O)Nc1ccc(C)cn1. The highest BCUT2D eigenvalue weighted by atomic mass is 16.1. The number of nitrogens with zero attached hydrogens (tertiary/aromatic N) is 3. The van der Waals surface area contributed by atoms with Gasteiger partial charge in [-0.3, -0.25) is 14.7 Å². The van der Waals surface area contributed by atoms with Crippen molar-refractivity contribution in [3.05, 3.63) is 23.9 Å². The molecule has 0 aliphatic heterocycles. The van der Waals surface area contributed by atoms with Crippen molar-refractivity contribution < 1.29 is 4.79 Å². The van der Waals surface area contributed by atoms with Crippen LogP contribution in [0.2, 0.25) is 0 Å². The summed E-state index contributed by atoms with van der Waals surface area (Å²) in [4.78, 5) is 22.8. The van der Waals surface area contributed by atoms with Gasteiger partial charge in [-0.1, -0.05) is 6.07 Å². The number of carbonyl (C=O) groups is 1. The highest BCUT2D eigenvalue weighted by Crippen LogP contribution is 2.05. The van der Waals surface area contributed by atoms with Crippen molar-refractivity contribution in [3.63, 3.8) is 0 Å². The maximum absolute atomic E-state index is 12.0. The number of rotatable bonds is 10. The van der Waals surface area contributed by atoms with Crippen LogP contribution in [0.3, 0.4) is 0 Å². The summed E-state index contributed by atoms with van der Waals surface area (Å²) in [5, 5.41) is 9.26. The molecule has 0 spiro atoms. The number of nitrogens with one attached hydrogen (secondary N) is 3. The lowest BCUT2D eigenvalue weighted by atomic mass is 10.2. The number of hydrogen-bond acceptors (Lipinski definition) is 4. The second-order valence-corrected chi connectivity index (χ2v) is 7.22. The summed E-state index contributed by atoms with van der Waals surface area (Å²) in [6, 6.07) is 4.82. The lowest BCUT2D eigenvalue weighted by Gasteiger charge is -2.30. The summed E-state index contributed by atoms with van der Waals surface area (Å²) in [6.45, 7) is 13.3. The average molecular weight is 377 g/mol. The zero-order valence-electron chi connectivity index (χ0n) is 17.7. The van der Waals surface area contributed by atoms with Gasteiger partial charge in [0.1, 0.15) is 5.82 Å². The minimum Gasteiger partial charge on any atom is -0.356 e. The van der Waals surface area contributed by atoms with Gasteiger partial charge in [-0.05, 0) is 52.7 Å². The number of aliphatic imine (C=N–C) groups is 1. The molecule has 0 unspecified atom stereocenters. The molecule has 1 amide bonds. The van der Waals surface area contributed by atoms with E-state index >= 15 is 0 Å². The molecular weight excluding hydrogens is 340 g/mol. The molecule has 152 valence electrons. The highest BCUT2D eigenvalue weighted by Gasteiger charge is 2.12. The van der Waals surface area contributed by atoms with E-state index in [2.05, 4.69) is 58.5 Å². The topological polar surface area (TPSA) is 81.7 Å². The van der Waals surface area contributed by atoms with Gasteiger partial charge in [-0.2, -0.15) is 0 Å². The summed E-state index contributed by atoms with van der Waals surface area (Å²) in [6.07, 6.45) is 3.13.